The molecule has 316 valence electrons. The van der Waals surface area contributed by atoms with Gasteiger partial charge in [-0.25, -0.2) is 4.98 Å². The average molecular weight is 1020 g/mol. The first-order valence-corrected chi connectivity index (χ1v) is 21.9. The van der Waals surface area contributed by atoms with E-state index in [1.54, 1.807) is 0 Å². The number of benzene rings is 8. The molecule has 0 saturated heterocycles. The van der Waals surface area contributed by atoms with Crippen LogP contribution in [0.1, 0.15) is 26.3 Å². The zero-order valence-corrected chi connectivity index (χ0v) is 38.4. The third kappa shape index (κ3) is 6.87. The molecule has 0 unspecified atom stereocenters. The molecule has 2 aliphatic rings. The van der Waals surface area contributed by atoms with Gasteiger partial charge in [-0.1, -0.05) is 177 Å². The normalized spacial score (nSPS) is 12.9. The Kier molecular flexibility index (Phi) is 10.1. The van der Waals surface area contributed by atoms with Crippen molar-refractivity contribution < 1.29 is 25.8 Å². The average Bonchev–Trinajstić information content (AvgIpc) is 3.89. The number of hydrogen-bond donors (Lipinski definition) is 0. The summed E-state index contributed by atoms with van der Waals surface area (Å²) in [5, 5.41) is 2.23. The number of anilines is 4. The number of rotatable bonds is 7. The van der Waals surface area contributed by atoms with E-state index < -0.39 is 0 Å². The van der Waals surface area contributed by atoms with Gasteiger partial charge in [0.2, 0.25) is 0 Å². The van der Waals surface area contributed by atoms with Crippen LogP contribution in [0.25, 0.3) is 49.9 Å². The smallest absolute Gasteiger partial charge is 0.180 e. The third-order valence-corrected chi connectivity index (χ3v) is 12.8. The monoisotopic (exact) mass is 1020 g/mol. The minimum absolute atomic E-state index is 0. The molecule has 5 nitrogen and oxygen atoms in total. The molecule has 0 radical (unpaired) electrons. The summed E-state index contributed by atoms with van der Waals surface area (Å²) in [6.07, 6.45) is 1.91. The van der Waals surface area contributed by atoms with Crippen LogP contribution in [-0.4, -0.2) is 16.3 Å². The van der Waals surface area contributed by atoms with Crippen molar-refractivity contribution in [1.82, 2.24) is 9.55 Å². The minimum Gasteiger partial charge on any atom is -0.509 e. The molecule has 4 heterocycles. The number of hydrogen-bond acceptors (Lipinski definition) is 4. The Morgan fingerprint density at radius 3 is 1.94 bits per heavy atom. The van der Waals surface area contributed by atoms with Crippen LogP contribution in [-0.2, 0) is 26.5 Å². The van der Waals surface area contributed by atoms with Gasteiger partial charge in [-0.3, -0.25) is 0 Å². The van der Waals surface area contributed by atoms with Gasteiger partial charge in [0.1, 0.15) is 5.82 Å². The van der Waals surface area contributed by atoms with Crippen molar-refractivity contribution in [3.05, 3.63) is 219 Å². The number of aromatic nitrogens is 2. The zero-order chi connectivity index (χ0) is 42.9. The van der Waals surface area contributed by atoms with Crippen LogP contribution in [0.5, 0.6) is 11.5 Å². The topological polar surface area (TPSA) is 33.5 Å². The molecule has 8 aromatic carbocycles. The second kappa shape index (κ2) is 16.1. The molecule has 0 bridgehead atoms. The quantitative estimate of drug-likeness (QED) is 0.118. The molecule has 12 rings (SSSR count). The van der Waals surface area contributed by atoms with Crippen molar-refractivity contribution >= 4 is 67.7 Å². The SMILES string of the molecule is CC(C)(C)c1ccnc(-n2c3[c-]c(Oc4[c-]c5c(cc4)B(c4ccccc4)c4cccc6c4N5[CH-]N6c4c(-c5ccccc5)cccc4-c4ccccc4)ccc3c3ccccc32)c1.[Pt]. The van der Waals surface area contributed by atoms with Crippen molar-refractivity contribution in [2.24, 2.45) is 0 Å². The van der Waals surface area contributed by atoms with Gasteiger partial charge < -0.3 is 19.1 Å². The van der Waals surface area contributed by atoms with E-state index in [0.717, 1.165) is 78.1 Å². The molecule has 65 heavy (non-hydrogen) atoms. The van der Waals surface area contributed by atoms with Crippen molar-refractivity contribution in [2.75, 3.05) is 9.80 Å². The number of pyridine rings is 1. The zero-order valence-electron chi connectivity index (χ0n) is 36.1. The first-order valence-electron chi connectivity index (χ1n) is 21.9. The van der Waals surface area contributed by atoms with Crippen LogP contribution in [0.2, 0.25) is 0 Å². The summed E-state index contributed by atoms with van der Waals surface area (Å²) in [5.41, 5.74) is 15.7. The molecule has 0 saturated carbocycles. The van der Waals surface area contributed by atoms with Gasteiger partial charge in [0.15, 0.2) is 6.71 Å². The van der Waals surface area contributed by atoms with E-state index in [1.807, 2.05) is 12.3 Å². The van der Waals surface area contributed by atoms with E-state index in [2.05, 4.69) is 236 Å². The minimum atomic E-state index is -0.0310. The number of nitrogens with zero attached hydrogens (tertiary/aromatic N) is 4. The van der Waals surface area contributed by atoms with Crippen molar-refractivity contribution in [1.29, 1.82) is 0 Å². The fourth-order valence-electron chi connectivity index (χ4n) is 9.76. The van der Waals surface area contributed by atoms with Gasteiger partial charge in [-0.2, -0.15) is 12.1 Å². The first-order chi connectivity index (χ1) is 31.4. The molecular weight excluding hydrogens is 975 g/mol. The maximum Gasteiger partial charge on any atom is 0.180 e. The largest absolute Gasteiger partial charge is 0.509 e. The van der Waals surface area contributed by atoms with E-state index in [-0.39, 0.29) is 33.2 Å². The predicted octanol–water partition coefficient (Wildman–Crippen LogP) is 12.4. The maximum absolute atomic E-state index is 6.82. The summed E-state index contributed by atoms with van der Waals surface area (Å²) in [4.78, 5) is 9.59. The van der Waals surface area contributed by atoms with Crippen molar-refractivity contribution in [3.8, 4) is 39.6 Å². The van der Waals surface area contributed by atoms with Gasteiger partial charge in [-0.15, -0.1) is 47.5 Å². The Hall–Kier alpha value is -7.14. The molecule has 0 N–H and O–H groups in total. The van der Waals surface area contributed by atoms with Crippen LogP contribution >= 0.6 is 0 Å². The maximum atomic E-state index is 6.82. The Morgan fingerprint density at radius 2 is 1.22 bits per heavy atom. The second-order valence-electron chi connectivity index (χ2n) is 17.7. The van der Waals surface area contributed by atoms with Gasteiger partial charge in [-0.05, 0) is 51.8 Å². The first kappa shape index (κ1) is 40.6. The summed E-state index contributed by atoms with van der Waals surface area (Å²) < 4.78 is 9.03. The van der Waals surface area contributed by atoms with Gasteiger partial charge in [0.05, 0.1) is 0 Å². The molecule has 0 aliphatic carbocycles. The van der Waals surface area contributed by atoms with Gasteiger partial charge >= 0.3 is 0 Å². The number of para-hydroxylation sites is 3. The van der Waals surface area contributed by atoms with Gasteiger partial charge in [0.25, 0.3) is 0 Å². The summed E-state index contributed by atoms with van der Waals surface area (Å²) in [6, 6.07) is 74.3. The van der Waals surface area contributed by atoms with E-state index in [1.165, 1.54) is 16.5 Å². The van der Waals surface area contributed by atoms with Crippen LogP contribution in [0.15, 0.2) is 194 Å². The third-order valence-electron chi connectivity index (χ3n) is 12.8. The van der Waals surface area contributed by atoms with Crippen LogP contribution in [0.4, 0.5) is 22.7 Å². The van der Waals surface area contributed by atoms with E-state index in [0.29, 0.717) is 11.5 Å². The molecule has 2 aromatic heterocycles. The molecule has 10 aromatic rings. The van der Waals surface area contributed by atoms with E-state index in [4.69, 9.17) is 9.72 Å². The summed E-state index contributed by atoms with van der Waals surface area (Å²) in [7, 11) is 0. The summed E-state index contributed by atoms with van der Waals surface area (Å²) in [5.74, 6) is 2.07. The number of fused-ring (bicyclic) bond motifs is 5. The summed E-state index contributed by atoms with van der Waals surface area (Å²) >= 11 is 0. The number of ether oxygens (including phenoxy) is 1. The standard InChI is InChI=1S/C58H42BN4O.Pt/c1-58(2,3)41-33-34-60-55(35-41)63-51-27-14-13-23-47(51)48-31-29-43(36-53(48)63)64-44-30-32-49-54(37-44)62-38-61(52-28-16-26-50(57(52)62)59(49)42-21-11-6-12-22-42)56-45(39-17-7-4-8-18-39)24-15-25-46(56)40-19-9-5-10-20-40;/h4-35,38H,1-3H3;/q-3;. The van der Waals surface area contributed by atoms with Crippen LogP contribution in [0, 0.1) is 18.8 Å². The summed E-state index contributed by atoms with van der Waals surface area (Å²) in [6.45, 7) is 8.92. The fraction of sp³-hybridized carbons (Fsp3) is 0.0690. The van der Waals surface area contributed by atoms with Crippen LogP contribution in [0.3, 0.4) is 0 Å². The van der Waals surface area contributed by atoms with Crippen molar-refractivity contribution in [2.45, 2.75) is 26.2 Å². The van der Waals surface area contributed by atoms with Gasteiger partial charge in [0, 0.05) is 72.5 Å². The molecule has 7 heteroatoms. The molecule has 2 aliphatic heterocycles. The molecule has 0 spiro atoms. The Morgan fingerprint density at radius 1 is 0.569 bits per heavy atom. The Balaban J connectivity index is 0.00000469. The molecule has 0 atom stereocenters. The second-order valence-corrected chi connectivity index (χ2v) is 17.7. The Bertz CT molecular complexity index is 3340. The fourth-order valence-corrected chi connectivity index (χ4v) is 9.76. The van der Waals surface area contributed by atoms with Crippen molar-refractivity contribution in [3.63, 3.8) is 0 Å². The molecular formula is C58H42BN4OPt-3. The molecule has 0 fully saturated rings. The Labute approximate surface area is 394 Å². The predicted molar refractivity (Wildman–Crippen MR) is 265 cm³/mol. The van der Waals surface area contributed by atoms with E-state index >= 15 is 0 Å². The molecule has 0 amide bonds. The van der Waals surface area contributed by atoms with E-state index in [9.17, 15) is 0 Å². The van der Waals surface area contributed by atoms with Crippen LogP contribution < -0.4 is 30.9 Å².